The molecule has 0 aromatic heterocycles. The van der Waals surface area contributed by atoms with Crippen LogP contribution in [0.5, 0.6) is 0 Å². The topological polar surface area (TPSA) is 30.9 Å². The first kappa shape index (κ1) is 19.0. The van der Waals surface area contributed by atoms with Crippen molar-refractivity contribution in [1.29, 1.82) is 0 Å². The lowest BCUT2D eigenvalue weighted by molar-refractivity contribution is 0.151. The van der Waals surface area contributed by atoms with Gasteiger partial charge in [-0.3, -0.25) is 4.99 Å². The van der Waals surface area contributed by atoms with E-state index in [4.69, 9.17) is 4.99 Å². The predicted molar refractivity (Wildman–Crippen MR) is 102 cm³/mol. The van der Waals surface area contributed by atoms with Crippen molar-refractivity contribution in [2.24, 2.45) is 10.4 Å². The first-order valence-corrected chi connectivity index (χ1v) is 8.48. The summed E-state index contributed by atoms with van der Waals surface area (Å²) in [4.78, 5) is 9.77. The number of likely N-dealkylation sites (tertiary alicyclic amines) is 1. The Bertz CT molecular complexity index is 324. The Morgan fingerprint density at radius 1 is 1.19 bits per heavy atom. The molecule has 21 heavy (non-hydrogen) atoms. The summed E-state index contributed by atoms with van der Waals surface area (Å²) < 4.78 is 0. The fourth-order valence-electron chi connectivity index (χ4n) is 3.46. The van der Waals surface area contributed by atoms with Gasteiger partial charge in [0.25, 0.3) is 0 Å². The van der Waals surface area contributed by atoms with Gasteiger partial charge in [-0.2, -0.15) is 0 Å². The molecule has 0 aromatic rings. The van der Waals surface area contributed by atoms with Gasteiger partial charge in [0.05, 0.1) is 6.54 Å². The molecule has 1 aliphatic heterocycles. The van der Waals surface area contributed by atoms with Gasteiger partial charge >= 0.3 is 0 Å². The summed E-state index contributed by atoms with van der Waals surface area (Å²) in [5.41, 5.74) is 0.648. The number of nitrogens with zero attached hydrogens (tertiary/aromatic N) is 3. The van der Waals surface area contributed by atoms with Crippen LogP contribution in [0.1, 0.15) is 46.5 Å². The lowest BCUT2D eigenvalue weighted by atomic mass is 9.68. The molecule has 1 saturated heterocycles. The van der Waals surface area contributed by atoms with Crippen LogP contribution in [0.2, 0.25) is 0 Å². The van der Waals surface area contributed by atoms with E-state index in [2.05, 4.69) is 35.9 Å². The van der Waals surface area contributed by atoms with Crippen molar-refractivity contribution in [3.63, 3.8) is 0 Å². The highest BCUT2D eigenvalue weighted by Crippen LogP contribution is 2.47. The molecule has 124 valence electrons. The van der Waals surface area contributed by atoms with Crippen LogP contribution < -0.4 is 5.32 Å². The summed E-state index contributed by atoms with van der Waals surface area (Å²) in [6.45, 7) is 14.2. The third-order valence-electron chi connectivity index (χ3n) is 5.06. The van der Waals surface area contributed by atoms with Crippen LogP contribution in [0.4, 0.5) is 0 Å². The Morgan fingerprint density at radius 2 is 1.90 bits per heavy atom. The van der Waals surface area contributed by atoms with Crippen molar-refractivity contribution >= 4 is 29.9 Å². The fraction of sp³-hybridized carbons (Fsp3) is 0.938. The van der Waals surface area contributed by atoms with Crippen LogP contribution in [0, 0.1) is 5.41 Å². The van der Waals surface area contributed by atoms with Gasteiger partial charge in [0, 0.05) is 26.2 Å². The minimum absolute atomic E-state index is 0. The molecule has 0 atom stereocenters. The highest BCUT2D eigenvalue weighted by atomic mass is 127. The quantitative estimate of drug-likeness (QED) is 0.417. The van der Waals surface area contributed by atoms with Crippen LogP contribution in [0.25, 0.3) is 0 Å². The second kappa shape index (κ2) is 9.18. The molecule has 1 aliphatic carbocycles. The fourth-order valence-corrected chi connectivity index (χ4v) is 3.46. The summed E-state index contributed by atoms with van der Waals surface area (Å²) >= 11 is 0. The van der Waals surface area contributed by atoms with Crippen molar-refractivity contribution in [1.82, 2.24) is 15.1 Å². The van der Waals surface area contributed by atoms with Crippen LogP contribution in [-0.2, 0) is 0 Å². The molecule has 2 rings (SSSR count). The molecule has 1 spiro atoms. The molecule has 0 unspecified atom stereocenters. The molecule has 0 aromatic carbocycles. The molecule has 0 amide bonds. The minimum Gasteiger partial charge on any atom is -0.357 e. The molecule has 1 heterocycles. The van der Waals surface area contributed by atoms with Crippen LogP contribution in [-0.4, -0.2) is 61.6 Å². The number of halogens is 1. The molecule has 2 fully saturated rings. The van der Waals surface area contributed by atoms with E-state index in [9.17, 15) is 0 Å². The van der Waals surface area contributed by atoms with Gasteiger partial charge in [0.1, 0.15) is 0 Å². The number of nitrogens with one attached hydrogen (secondary N) is 1. The Morgan fingerprint density at radius 3 is 2.38 bits per heavy atom. The van der Waals surface area contributed by atoms with Gasteiger partial charge in [0.2, 0.25) is 0 Å². The standard InChI is InChI=1S/C16H32N4.HI/c1-4-17-15(18-11-13-19(5-2)6-3)20-12-10-16(14-20)8-7-9-16;/h4-14H2,1-3H3,(H,17,18);1H. The predicted octanol–water partition coefficient (Wildman–Crippen LogP) is 2.79. The molecule has 4 nitrogen and oxygen atoms in total. The third kappa shape index (κ3) is 4.98. The SMILES string of the molecule is CCNC(=NCCN(CC)CC)N1CCC2(CCC2)C1.I. The van der Waals surface area contributed by atoms with Crippen molar-refractivity contribution in [3.8, 4) is 0 Å². The molecular weight excluding hydrogens is 375 g/mol. The Labute approximate surface area is 147 Å². The summed E-state index contributed by atoms with van der Waals surface area (Å²) in [5, 5.41) is 3.48. The Hall–Kier alpha value is -0.0400. The summed E-state index contributed by atoms with van der Waals surface area (Å²) in [5.74, 6) is 1.14. The van der Waals surface area contributed by atoms with Gasteiger partial charge in [-0.25, -0.2) is 0 Å². The van der Waals surface area contributed by atoms with E-state index in [0.717, 1.165) is 38.7 Å². The van der Waals surface area contributed by atoms with E-state index >= 15 is 0 Å². The summed E-state index contributed by atoms with van der Waals surface area (Å²) in [6.07, 6.45) is 5.67. The lowest BCUT2D eigenvalue weighted by Crippen LogP contribution is -2.43. The molecule has 0 radical (unpaired) electrons. The highest BCUT2D eigenvalue weighted by Gasteiger charge is 2.43. The molecule has 5 heteroatoms. The van der Waals surface area contributed by atoms with E-state index in [1.54, 1.807) is 0 Å². The average Bonchev–Trinajstić information content (AvgIpc) is 2.88. The Balaban J connectivity index is 0.00000220. The molecular formula is C16H33IN4. The molecule has 2 aliphatic rings. The monoisotopic (exact) mass is 408 g/mol. The lowest BCUT2D eigenvalue weighted by Gasteiger charge is -2.38. The zero-order valence-corrected chi connectivity index (χ0v) is 16.4. The van der Waals surface area contributed by atoms with Gasteiger partial charge in [-0.15, -0.1) is 24.0 Å². The smallest absolute Gasteiger partial charge is 0.193 e. The highest BCUT2D eigenvalue weighted by molar-refractivity contribution is 14.0. The number of rotatable bonds is 6. The number of guanidine groups is 1. The van der Waals surface area contributed by atoms with Crippen molar-refractivity contribution in [2.45, 2.75) is 46.5 Å². The first-order chi connectivity index (χ1) is 9.73. The van der Waals surface area contributed by atoms with Crippen molar-refractivity contribution < 1.29 is 0 Å². The zero-order valence-electron chi connectivity index (χ0n) is 14.0. The summed E-state index contributed by atoms with van der Waals surface area (Å²) in [7, 11) is 0. The maximum atomic E-state index is 4.84. The third-order valence-corrected chi connectivity index (χ3v) is 5.06. The van der Waals surface area contributed by atoms with Gasteiger partial charge in [0.15, 0.2) is 5.96 Å². The van der Waals surface area contributed by atoms with E-state index < -0.39 is 0 Å². The Kier molecular flexibility index (Phi) is 8.31. The van der Waals surface area contributed by atoms with E-state index in [-0.39, 0.29) is 24.0 Å². The number of hydrogen-bond donors (Lipinski definition) is 1. The van der Waals surface area contributed by atoms with E-state index in [1.807, 2.05) is 0 Å². The maximum absolute atomic E-state index is 4.84. The van der Waals surface area contributed by atoms with Crippen LogP contribution >= 0.6 is 24.0 Å². The normalized spacial score (nSPS) is 20.6. The second-order valence-corrected chi connectivity index (χ2v) is 6.29. The molecule has 1 N–H and O–H groups in total. The largest absolute Gasteiger partial charge is 0.357 e. The van der Waals surface area contributed by atoms with E-state index in [1.165, 1.54) is 38.8 Å². The van der Waals surface area contributed by atoms with Crippen LogP contribution in [0.15, 0.2) is 4.99 Å². The second-order valence-electron chi connectivity index (χ2n) is 6.29. The van der Waals surface area contributed by atoms with Crippen molar-refractivity contribution in [3.05, 3.63) is 0 Å². The average molecular weight is 408 g/mol. The number of aliphatic imine (C=N–C) groups is 1. The number of likely N-dealkylation sites (N-methyl/N-ethyl adjacent to an activating group) is 1. The van der Waals surface area contributed by atoms with Gasteiger partial charge in [-0.05, 0) is 44.7 Å². The maximum Gasteiger partial charge on any atom is 0.193 e. The van der Waals surface area contributed by atoms with Crippen LogP contribution in [0.3, 0.4) is 0 Å². The first-order valence-electron chi connectivity index (χ1n) is 8.48. The molecule has 0 bridgehead atoms. The zero-order chi connectivity index (χ0) is 14.4. The van der Waals surface area contributed by atoms with Crippen molar-refractivity contribution in [2.75, 3.05) is 45.8 Å². The van der Waals surface area contributed by atoms with Gasteiger partial charge < -0.3 is 15.1 Å². The molecule has 1 saturated carbocycles. The minimum atomic E-state index is 0. The van der Waals surface area contributed by atoms with Gasteiger partial charge in [-0.1, -0.05) is 20.3 Å². The van der Waals surface area contributed by atoms with E-state index in [0.29, 0.717) is 5.41 Å². The number of hydrogen-bond acceptors (Lipinski definition) is 2. The summed E-state index contributed by atoms with van der Waals surface area (Å²) in [6, 6.07) is 0.